The lowest BCUT2D eigenvalue weighted by Gasteiger charge is -2.24. The normalized spacial score (nSPS) is 13.1. The molecule has 4 rings (SSSR count). The van der Waals surface area contributed by atoms with Crippen LogP contribution in [0.1, 0.15) is 12.5 Å². The largest absolute Gasteiger partial charge is 0.420 e. The first-order valence-corrected chi connectivity index (χ1v) is 9.67. The average molecular weight is 402 g/mol. The lowest BCUT2D eigenvalue weighted by Crippen LogP contribution is -2.40. The van der Waals surface area contributed by atoms with E-state index in [0.29, 0.717) is 16.7 Å². The molecule has 6 nitrogen and oxygen atoms in total. The number of oxazole rings is 1. The van der Waals surface area contributed by atoms with Crippen LogP contribution in [0, 0.1) is 0 Å². The fourth-order valence-electron chi connectivity index (χ4n) is 3.39. The maximum absolute atomic E-state index is 12.4. The van der Waals surface area contributed by atoms with Gasteiger partial charge in [-0.05, 0) is 35.7 Å². The molecule has 0 aliphatic heterocycles. The summed E-state index contributed by atoms with van der Waals surface area (Å²) < 4.78 is 6.41. The van der Waals surface area contributed by atoms with Crippen LogP contribution < -0.4 is 11.1 Å². The highest BCUT2D eigenvalue weighted by atomic mass is 16.4. The van der Waals surface area contributed by atoms with Crippen LogP contribution in [0.5, 0.6) is 0 Å². The highest BCUT2D eigenvalue weighted by Crippen LogP contribution is 2.24. The molecule has 0 aliphatic rings. The lowest BCUT2D eigenvalue weighted by molar-refractivity contribution is -0.122. The van der Waals surface area contributed by atoms with Crippen molar-refractivity contribution in [3.05, 3.63) is 95.0 Å². The minimum atomic E-state index is -1.26. The van der Waals surface area contributed by atoms with E-state index in [0.717, 1.165) is 11.1 Å². The summed E-state index contributed by atoms with van der Waals surface area (Å²) in [4.78, 5) is 24.4. The first-order valence-electron chi connectivity index (χ1n) is 9.67. The zero-order valence-corrected chi connectivity index (χ0v) is 16.5. The number of aliphatic hydroxyl groups is 1. The quantitative estimate of drug-likeness (QED) is 0.518. The maximum atomic E-state index is 12.4. The molecule has 0 saturated heterocycles. The van der Waals surface area contributed by atoms with Gasteiger partial charge in [-0.15, -0.1) is 0 Å². The predicted molar refractivity (Wildman–Crippen MR) is 115 cm³/mol. The Morgan fingerprint density at radius 2 is 1.60 bits per heavy atom. The van der Waals surface area contributed by atoms with Crippen LogP contribution in [0.15, 0.2) is 88.1 Å². The molecule has 1 heterocycles. The topological polar surface area (TPSA) is 84.5 Å². The second-order valence-corrected chi connectivity index (χ2v) is 7.42. The number of carbonyl (C=O) groups excluding carboxylic acids is 1. The molecule has 1 amide bonds. The summed E-state index contributed by atoms with van der Waals surface area (Å²) in [6, 6.07) is 24.5. The van der Waals surface area contributed by atoms with Gasteiger partial charge in [-0.2, -0.15) is 0 Å². The van der Waals surface area contributed by atoms with Crippen LogP contribution in [0.3, 0.4) is 0 Å². The molecule has 30 heavy (non-hydrogen) atoms. The summed E-state index contributed by atoms with van der Waals surface area (Å²) in [7, 11) is 0. The Kier molecular flexibility index (Phi) is 5.25. The Morgan fingerprint density at radius 1 is 0.967 bits per heavy atom. The van der Waals surface area contributed by atoms with Gasteiger partial charge < -0.3 is 14.8 Å². The molecule has 0 saturated carbocycles. The summed E-state index contributed by atoms with van der Waals surface area (Å²) in [5, 5.41) is 13.6. The van der Waals surface area contributed by atoms with E-state index < -0.39 is 11.4 Å². The summed E-state index contributed by atoms with van der Waals surface area (Å²) in [5.74, 6) is -0.973. The maximum Gasteiger partial charge on any atom is 0.420 e. The van der Waals surface area contributed by atoms with Crippen LogP contribution in [0.4, 0.5) is 0 Å². The summed E-state index contributed by atoms with van der Waals surface area (Å²) in [5.41, 5.74) is 2.56. The first-order chi connectivity index (χ1) is 14.4. The monoisotopic (exact) mass is 402 g/mol. The number of rotatable bonds is 6. The number of benzene rings is 3. The van der Waals surface area contributed by atoms with E-state index >= 15 is 0 Å². The number of carbonyl (C=O) groups is 1. The Morgan fingerprint density at radius 3 is 2.33 bits per heavy atom. The third-order valence-corrected chi connectivity index (χ3v) is 5.12. The predicted octanol–water partition coefficient (Wildman–Crippen LogP) is 3.29. The molecule has 0 radical (unpaired) electrons. The van der Waals surface area contributed by atoms with Gasteiger partial charge in [0.2, 0.25) is 5.91 Å². The van der Waals surface area contributed by atoms with E-state index in [1.54, 1.807) is 31.2 Å². The molecule has 0 aliphatic carbocycles. The molecule has 1 atom stereocenters. The second kappa shape index (κ2) is 8.00. The number of fused-ring (bicyclic) bond motifs is 1. The minimum Gasteiger partial charge on any atom is -0.408 e. The van der Waals surface area contributed by atoms with Crippen molar-refractivity contribution in [3.8, 4) is 11.1 Å². The molecule has 0 fully saturated rings. The molecular formula is C24H22N2O4. The average Bonchev–Trinajstić information content (AvgIpc) is 3.08. The molecular weight excluding hydrogens is 380 g/mol. The van der Waals surface area contributed by atoms with Crippen LogP contribution in [-0.4, -0.2) is 22.1 Å². The summed E-state index contributed by atoms with van der Waals surface area (Å²) in [6.07, 6.45) is 0. The molecule has 152 valence electrons. The van der Waals surface area contributed by atoms with Crippen LogP contribution in [0.2, 0.25) is 0 Å². The van der Waals surface area contributed by atoms with Gasteiger partial charge in [0.1, 0.15) is 12.1 Å². The van der Waals surface area contributed by atoms with Crippen molar-refractivity contribution >= 4 is 17.0 Å². The van der Waals surface area contributed by atoms with Crippen molar-refractivity contribution in [2.45, 2.75) is 19.1 Å². The molecule has 6 heteroatoms. The molecule has 3 aromatic carbocycles. The number of hydrogen-bond donors (Lipinski definition) is 2. The zero-order valence-electron chi connectivity index (χ0n) is 16.5. The lowest BCUT2D eigenvalue weighted by atomic mass is 9.93. The number of para-hydroxylation sites is 2. The molecule has 0 unspecified atom stereocenters. The van der Waals surface area contributed by atoms with Crippen molar-refractivity contribution in [2.75, 3.05) is 6.54 Å². The number of hydrogen-bond acceptors (Lipinski definition) is 4. The van der Waals surface area contributed by atoms with Gasteiger partial charge in [-0.3, -0.25) is 9.36 Å². The Bertz CT molecular complexity index is 1220. The molecule has 0 spiro atoms. The first kappa shape index (κ1) is 19.7. The number of nitrogens with one attached hydrogen (secondary N) is 1. The summed E-state index contributed by atoms with van der Waals surface area (Å²) in [6.45, 7) is 1.48. The van der Waals surface area contributed by atoms with E-state index in [-0.39, 0.29) is 19.0 Å². The molecule has 1 aromatic heterocycles. The van der Waals surface area contributed by atoms with Gasteiger partial charge in [-0.1, -0.05) is 66.7 Å². The fourth-order valence-corrected chi connectivity index (χ4v) is 3.39. The summed E-state index contributed by atoms with van der Waals surface area (Å²) >= 11 is 0. The van der Waals surface area contributed by atoms with E-state index in [1.165, 1.54) is 4.57 Å². The van der Waals surface area contributed by atoms with Gasteiger partial charge in [0.05, 0.1) is 12.1 Å². The van der Waals surface area contributed by atoms with Gasteiger partial charge >= 0.3 is 5.76 Å². The van der Waals surface area contributed by atoms with Crippen molar-refractivity contribution in [1.29, 1.82) is 0 Å². The van der Waals surface area contributed by atoms with Crippen LogP contribution in [0.25, 0.3) is 22.2 Å². The number of aromatic nitrogens is 1. The van der Waals surface area contributed by atoms with E-state index in [1.807, 2.05) is 54.6 Å². The van der Waals surface area contributed by atoms with E-state index in [4.69, 9.17) is 4.42 Å². The van der Waals surface area contributed by atoms with Gasteiger partial charge in [0, 0.05) is 0 Å². The molecule has 2 N–H and O–H groups in total. The van der Waals surface area contributed by atoms with Crippen molar-refractivity contribution in [1.82, 2.24) is 9.88 Å². The Hall–Kier alpha value is -3.64. The van der Waals surface area contributed by atoms with E-state index in [2.05, 4.69) is 5.32 Å². The minimum absolute atomic E-state index is 0.0149. The van der Waals surface area contributed by atoms with Crippen molar-refractivity contribution in [2.24, 2.45) is 0 Å². The zero-order chi connectivity index (χ0) is 21.1. The third kappa shape index (κ3) is 4.04. The third-order valence-electron chi connectivity index (χ3n) is 5.12. The van der Waals surface area contributed by atoms with Crippen molar-refractivity contribution < 1.29 is 14.3 Å². The molecule has 4 aromatic rings. The van der Waals surface area contributed by atoms with E-state index in [9.17, 15) is 14.7 Å². The van der Waals surface area contributed by atoms with Gasteiger partial charge in [0.15, 0.2) is 5.58 Å². The number of nitrogens with zero attached hydrogens (tertiary/aromatic N) is 1. The highest BCUT2D eigenvalue weighted by Gasteiger charge is 2.24. The second-order valence-electron chi connectivity index (χ2n) is 7.42. The molecule has 0 bridgehead atoms. The SMILES string of the molecule is C[C@@](O)(CNC(=O)Cn1c(=O)oc2ccccc21)c1ccc(-c2ccccc2)cc1. The standard InChI is InChI=1S/C24H22N2O4/c1-24(29,19-13-11-18(12-14-19)17-7-3-2-4-8-17)16-25-22(27)15-26-20-9-5-6-10-21(20)30-23(26)28/h2-14,29H,15-16H2,1H3,(H,25,27)/t24-/m1/s1. The number of amides is 1. The fraction of sp³-hybridized carbons (Fsp3) is 0.167. The Labute approximate surface area is 173 Å². The van der Waals surface area contributed by atoms with Crippen molar-refractivity contribution in [3.63, 3.8) is 0 Å². The highest BCUT2D eigenvalue weighted by molar-refractivity contribution is 5.79. The Balaban J connectivity index is 1.42. The van der Waals surface area contributed by atoms with Gasteiger partial charge in [0.25, 0.3) is 0 Å². The van der Waals surface area contributed by atoms with Crippen LogP contribution in [-0.2, 0) is 16.9 Å². The smallest absolute Gasteiger partial charge is 0.408 e. The van der Waals surface area contributed by atoms with Gasteiger partial charge in [-0.25, -0.2) is 4.79 Å². The van der Waals surface area contributed by atoms with Crippen LogP contribution >= 0.6 is 0 Å².